The Hall–Kier alpha value is -1.41. The summed E-state index contributed by atoms with van der Waals surface area (Å²) in [6.45, 7) is 0.0295. The highest BCUT2D eigenvalue weighted by Crippen LogP contribution is 2.21. The minimum atomic E-state index is -3.57. The van der Waals surface area contributed by atoms with Gasteiger partial charge in [-0.2, -0.15) is 0 Å². The van der Waals surface area contributed by atoms with Crippen molar-refractivity contribution in [2.75, 3.05) is 13.7 Å². The molecular formula is C14H17NO4S2. The topological polar surface area (TPSA) is 75.6 Å². The summed E-state index contributed by atoms with van der Waals surface area (Å²) in [5.74, 6) is 0.769. The highest BCUT2D eigenvalue weighted by Gasteiger charge is 2.18. The Morgan fingerprint density at radius 2 is 1.95 bits per heavy atom. The molecule has 7 heteroatoms. The van der Waals surface area contributed by atoms with Crippen molar-refractivity contribution in [2.45, 2.75) is 17.9 Å². The zero-order valence-corrected chi connectivity index (χ0v) is 13.2. The van der Waals surface area contributed by atoms with E-state index >= 15 is 0 Å². The van der Waals surface area contributed by atoms with Crippen molar-refractivity contribution in [1.82, 2.24) is 4.72 Å². The number of benzene rings is 1. The molecule has 1 heterocycles. The zero-order chi connectivity index (χ0) is 15.3. The summed E-state index contributed by atoms with van der Waals surface area (Å²) in [5, 5.41) is 10.8. The fraction of sp³-hybridized carbons (Fsp3) is 0.286. The van der Waals surface area contributed by atoms with Crippen molar-refractivity contribution in [3.05, 3.63) is 46.2 Å². The van der Waals surface area contributed by atoms with Crippen molar-refractivity contribution in [1.29, 1.82) is 0 Å². The summed E-state index contributed by atoms with van der Waals surface area (Å²) in [6, 6.07) is 8.98. The van der Waals surface area contributed by atoms with E-state index in [1.807, 2.05) is 24.3 Å². The summed E-state index contributed by atoms with van der Waals surface area (Å²) in [4.78, 5) is 0.608. The van der Waals surface area contributed by atoms with E-state index in [1.54, 1.807) is 12.5 Å². The molecule has 5 nitrogen and oxygen atoms in total. The number of nitrogens with one attached hydrogen (secondary N) is 1. The third-order valence-corrected chi connectivity index (χ3v) is 5.58. The van der Waals surface area contributed by atoms with E-state index < -0.39 is 10.0 Å². The molecule has 0 atom stereocenters. The number of aliphatic hydroxyl groups is 1. The van der Waals surface area contributed by atoms with Crippen LogP contribution in [0.25, 0.3) is 0 Å². The molecule has 114 valence electrons. The number of thiophene rings is 1. The third kappa shape index (κ3) is 4.04. The molecule has 1 aromatic heterocycles. The molecule has 21 heavy (non-hydrogen) atoms. The molecule has 0 saturated heterocycles. The molecular weight excluding hydrogens is 310 g/mol. The molecule has 0 aliphatic rings. The van der Waals surface area contributed by atoms with E-state index in [2.05, 4.69) is 4.72 Å². The van der Waals surface area contributed by atoms with E-state index in [0.29, 0.717) is 17.8 Å². The quantitative estimate of drug-likeness (QED) is 0.813. The molecule has 0 amide bonds. The normalized spacial score (nSPS) is 11.5. The Bertz CT molecular complexity index is 677. The van der Waals surface area contributed by atoms with Crippen LogP contribution in [0.4, 0.5) is 0 Å². The number of methoxy groups -OCH3 is 1. The summed E-state index contributed by atoms with van der Waals surface area (Å²) in [6.07, 6.45) is 0.585. The van der Waals surface area contributed by atoms with E-state index in [9.17, 15) is 8.42 Å². The minimum absolute atomic E-state index is 0.157. The van der Waals surface area contributed by atoms with Crippen LogP contribution in [0.2, 0.25) is 0 Å². The molecule has 0 aliphatic heterocycles. The van der Waals surface area contributed by atoms with Gasteiger partial charge in [0.15, 0.2) is 0 Å². The Labute approximate surface area is 128 Å². The fourth-order valence-corrected chi connectivity index (χ4v) is 4.21. The van der Waals surface area contributed by atoms with Crippen LogP contribution in [0.1, 0.15) is 10.4 Å². The van der Waals surface area contributed by atoms with Crippen LogP contribution in [0.3, 0.4) is 0 Å². The predicted octanol–water partition coefficient (Wildman–Crippen LogP) is 1.77. The molecule has 0 spiro atoms. The van der Waals surface area contributed by atoms with Gasteiger partial charge in [-0.25, -0.2) is 13.1 Å². The van der Waals surface area contributed by atoms with Gasteiger partial charge in [-0.1, -0.05) is 12.1 Å². The van der Waals surface area contributed by atoms with Gasteiger partial charge in [-0.3, -0.25) is 0 Å². The third-order valence-electron chi connectivity index (χ3n) is 3.00. The first-order chi connectivity index (χ1) is 10.1. The van der Waals surface area contributed by atoms with Crippen LogP contribution in [0.5, 0.6) is 5.75 Å². The molecule has 0 fully saturated rings. The average Bonchev–Trinajstić information content (AvgIpc) is 2.97. The van der Waals surface area contributed by atoms with Crippen LogP contribution in [0, 0.1) is 0 Å². The lowest BCUT2D eigenvalue weighted by atomic mass is 10.1. The van der Waals surface area contributed by atoms with E-state index in [1.165, 1.54) is 17.4 Å². The summed E-state index contributed by atoms with van der Waals surface area (Å²) >= 11 is 1.23. The molecule has 0 aliphatic carbocycles. The van der Waals surface area contributed by atoms with Gasteiger partial charge in [0.05, 0.1) is 18.6 Å². The summed E-state index contributed by atoms with van der Waals surface area (Å²) in [5.41, 5.74) is 1.02. The molecule has 1 aromatic carbocycles. The van der Waals surface area contributed by atoms with Crippen molar-refractivity contribution < 1.29 is 18.3 Å². The van der Waals surface area contributed by atoms with Gasteiger partial charge in [0.25, 0.3) is 0 Å². The fourth-order valence-electron chi connectivity index (χ4n) is 1.88. The van der Waals surface area contributed by atoms with Crippen LogP contribution < -0.4 is 9.46 Å². The number of hydrogen-bond donors (Lipinski definition) is 2. The van der Waals surface area contributed by atoms with Crippen molar-refractivity contribution in [2.24, 2.45) is 0 Å². The second-order valence-electron chi connectivity index (χ2n) is 4.36. The van der Waals surface area contributed by atoms with E-state index in [0.717, 1.165) is 11.3 Å². The second kappa shape index (κ2) is 7.04. The highest BCUT2D eigenvalue weighted by atomic mass is 32.2. The maximum atomic E-state index is 12.1. The van der Waals surface area contributed by atoms with E-state index in [-0.39, 0.29) is 11.5 Å². The van der Waals surface area contributed by atoms with Crippen molar-refractivity contribution in [3.8, 4) is 5.75 Å². The molecule has 0 bridgehead atoms. The zero-order valence-electron chi connectivity index (χ0n) is 11.6. The molecule has 0 unspecified atom stereocenters. The number of aliphatic hydroxyl groups excluding tert-OH is 1. The first-order valence-corrected chi connectivity index (χ1v) is 8.73. The summed E-state index contributed by atoms with van der Waals surface area (Å²) in [7, 11) is -1.97. The Morgan fingerprint density at radius 3 is 2.57 bits per heavy atom. The Morgan fingerprint density at radius 1 is 1.24 bits per heavy atom. The van der Waals surface area contributed by atoms with Gasteiger partial charge in [0.1, 0.15) is 5.75 Å². The van der Waals surface area contributed by atoms with Crippen LogP contribution >= 0.6 is 11.3 Å². The number of sulfonamides is 1. The lowest BCUT2D eigenvalue weighted by molar-refractivity contribution is 0.282. The maximum absolute atomic E-state index is 12.1. The van der Waals surface area contributed by atoms with Gasteiger partial charge >= 0.3 is 0 Å². The number of hydrogen-bond acceptors (Lipinski definition) is 5. The van der Waals surface area contributed by atoms with Gasteiger partial charge in [-0.15, -0.1) is 11.3 Å². The summed E-state index contributed by atoms with van der Waals surface area (Å²) < 4.78 is 31.9. The monoisotopic (exact) mass is 327 g/mol. The van der Waals surface area contributed by atoms with E-state index in [4.69, 9.17) is 9.84 Å². The highest BCUT2D eigenvalue weighted by molar-refractivity contribution is 7.89. The van der Waals surface area contributed by atoms with Gasteiger partial charge in [0.2, 0.25) is 10.0 Å². The molecule has 2 aromatic rings. The Balaban J connectivity index is 1.95. The van der Waals surface area contributed by atoms with Gasteiger partial charge in [-0.05, 0) is 35.6 Å². The predicted molar refractivity (Wildman–Crippen MR) is 82.1 cm³/mol. The van der Waals surface area contributed by atoms with Crippen molar-refractivity contribution >= 4 is 21.4 Å². The first kappa shape index (κ1) is 16.0. The van der Waals surface area contributed by atoms with Crippen molar-refractivity contribution in [3.63, 3.8) is 0 Å². The maximum Gasteiger partial charge on any atom is 0.241 e. The molecule has 2 rings (SSSR count). The number of ether oxygens (including phenoxy) is 1. The van der Waals surface area contributed by atoms with Crippen LogP contribution in [0.15, 0.2) is 40.6 Å². The largest absolute Gasteiger partial charge is 0.497 e. The first-order valence-electron chi connectivity index (χ1n) is 6.36. The van der Waals surface area contributed by atoms with Crippen LogP contribution in [-0.2, 0) is 23.1 Å². The molecule has 0 saturated carbocycles. The standard InChI is InChI=1S/C14H17NO4S2/c1-19-12-4-2-11(3-5-12)6-8-15-21(17,18)14-7-9-20-13(14)10-16/h2-5,7,9,15-16H,6,8,10H2,1H3. The lowest BCUT2D eigenvalue weighted by Gasteiger charge is -2.07. The minimum Gasteiger partial charge on any atom is -0.497 e. The Kier molecular flexibility index (Phi) is 5.35. The SMILES string of the molecule is COc1ccc(CCNS(=O)(=O)c2ccsc2CO)cc1. The van der Waals surface area contributed by atoms with Crippen LogP contribution in [-0.4, -0.2) is 27.2 Å². The molecule has 0 radical (unpaired) electrons. The van der Waals surface area contributed by atoms with Gasteiger partial charge in [0, 0.05) is 11.4 Å². The smallest absolute Gasteiger partial charge is 0.241 e. The second-order valence-corrected chi connectivity index (χ2v) is 7.10. The average molecular weight is 327 g/mol. The van der Waals surface area contributed by atoms with Gasteiger partial charge < -0.3 is 9.84 Å². The number of rotatable bonds is 7. The molecule has 2 N–H and O–H groups in total. The lowest BCUT2D eigenvalue weighted by Crippen LogP contribution is -2.26.